The zero-order valence-corrected chi connectivity index (χ0v) is 19.9. The molecule has 0 aromatic heterocycles. The van der Waals surface area contributed by atoms with E-state index in [2.05, 4.69) is 16.0 Å². The molecule has 0 bridgehead atoms. The van der Waals surface area contributed by atoms with Crippen LogP contribution < -0.4 is 16.0 Å². The number of hydrogen-bond acceptors (Lipinski definition) is 5. The van der Waals surface area contributed by atoms with E-state index in [9.17, 15) is 19.2 Å². The molecule has 3 N–H and O–H groups in total. The zero-order chi connectivity index (χ0) is 25.0. The number of Topliss-reactive ketones (excluding diaryl/α,β-unsaturated/α-hetero) is 1. The molecule has 0 radical (unpaired) electrons. The van der Waals surface area contributed by atoms with Crippen LogP contribution in [-0.4, -0.2) is 66.9 Å². The maximum absolute atomic E-state index is 13.2. The van der Waals surface area contributed by atoms with Gasteiger partial charge in [-0.1, -0.05) is 67.6 Å². The van der Waals surface area contributed by atoms with Crippen LogP contribution in [0.15, 0.2) is 60.7 Å². The normalized spacial score (nSPS) is 14.9. The van der Waals surface area contributed by atoms with Gasteiger partial charge in [0.2, 0.25) is 11.7 Å². The molecule has 1 aliphatic rings. The van der Waals surface area contributed by atoms with Gasteiger partial charge in [-0.15, -0.1) is 0 Å². The number of morpholine rings is 1. The van der Waals surface area contributed by atoms with Gasteiger partial charge < -0.3 is 25.6 Å². The first kappa shape index (κ1) is 25.9. The lowest BCUT2D eigenvalue weighted by molar-refractivity contribution is -0.140. The van der Waals surface area contributed by atoms with Crippen LogP contribution >= 0.6 is 0 Å². The van der Waals surface area contributed by atoms with Crippen molar-refractivity contribution in [3.8, 4) is 0 Å². The van der Waals surface area contributed by atoms with Crippen LogP contribution in [0.4, 0.5) is 4.79 Å². The van der Waals surface area contributed by atoms with Crippen molar-refractivity contribution in [2.75, 3.05) is 26.3 Å². The minimum Gasteiger partial charge on any atom is -0.378 e. The summed E-state index contributed by atoms with van der Waals surface area (Å²) in [7, 11) is 0. The zero-order valence-electron chi connectivity index (χ0n) is 19.9. The highest BCUT2D eigenvalue weighted by Gasteiger charge is 2.30. The van der Waals surface area contributed by atoms with Crippen LogP contribution in [0, 0.1) is 0 Å². The van der Waals surface area contributed by atoms with Crippen molar-refractivity contribution in [3.05, 3.63) is 71.8 Å². The van der Waals surface area contributed by atoms with Crippen LogP contribution in [-0.2, 0) is 32.1 Å². The smallest absolute Gasteiger partial charge is 0.318 e. The third-order valence-corrected chi connectivity index (χ3v) is 5.76. The molecule has 1 aliphatic heterocycles. The standard InChI is InChI=1S/C26H32N4O5/c1-2-21(23(31)25(33)27-18-20-11-7-4-8-12-20)28-24(32)22(17-19-9-5-3-6-10-19)29-26(34)30-13-15-35-16-14-30/h3-12,21-22H,2,13-18H2,1H3,(H,27,33)(H,28,32)(H,29,34)/t21-,22-/m0/s1. The topological polar surface area (TPSA) is 117 Å². The number of nitrogens with one attached hydrogen (secondary N) is 3. The first-order valence-electron chi connectivity index (χ1n) is 11.8. The SMILES string of the molecule is CC[C@H](NC(=O)[C@H](Cc1ccccc1)NC(=O)N1CCOCC1)C(=O)C(=O)NCc1ccccc1. The lowest BCUT2D eigenvalue weighted by Crippen LogP contribution is -2.57. The number of ether oxygens (including phenoxy) is 1. The number of amides is 4. The fourth-order valence-corrected chi connectivity index (χ4v) is 3.71. The first-order valence-corrected chi connectivity index (χ1v) is 11.8. The van der Waals surface area contributed by atoms with E-state index >= 15 is 0 Å². The molecule has 35 heavy (non-hydrogen) atoms. The fraction of sp³-hybridized carbons (Fsp3) is 0.385. The summed E-state index contributed by atoms with van der Waals surface area (Å²) in [6, 6.07) is 16.2. The first-order chi connectivity index (χ1) is 17.0. The van der Waals surface area contributed by atoms with Crippen molar-refractivity contribution >= 4 is 23.6 Å². The predicted octanol–water partition coefficient (Wildman–Crippen LogP) is 1.42. The number of carbonyl (C=O) groups is 4. The molecule has 1 saturated heterocycles. The summed E-state index contributed by atoms with van der Waals surface area (Å²) in [4.78, 5) is 52.7. The third-order valence-electron chi connectivity index (χ3n) is 5.76. The summed E-state index contributed by atoms with van der Waals surface area (Å²) < 4.78 is 5.29. The molecular formula is C26H32N4O5. The van der Waals surface area contributed by atoms with Crippen molar-refractivity contribution in [1.82, 2.24) is 20.9 Å². The second kappa shape index (κ2) is 13.2. The average molecular weight is 481 g/mol. The highest BCUT2D eigenvalue weighted by molar-refractivity contribution is 6.38. The number of hydrogen-bond donors (Lipinski definition) is 3. The molecule has 0 aliphatic carbocycles. The Hall–Kier alpha value is -3.72. The average Bonchev–Trinajstić information content (AvgIpc) is 2.91. The fourth-order valence-electron chi connectivity index (χ4n) is 3.71. The van der Waals surface area contributed by atoms with Crippen molar-refractivity contribution in [3.63, 3.8) is 0 Å². The second-order valence-electron chi connectivity index (χ2n) is 8.29. The van der Waals surface area contributed by atoms with Crippen LogP contribution in [0.5, 0.6) is 0 Å². The quantitative estimate of drug-likeness (QED) is 0.445. The van der Waals surface area contributed by atoms with Gasteiger partial charge in [0.25, 0.3) is 5.91 Å². The Balaban J connectivity index is 1.64. The number of urea groups is 1. The van der Waals surface area contributed by atoms with Crippen molar-refractivity contribution in [2.45, 2.75) is 38.4 Å². The van der Waals surface area contributed by atoms with Crippen molar-refractivity contribution < 1.29 is 23.9 Å². The molecule has 4 amide bonds. The van der Waals surface area contributed by atoms with Gasteiger partial charge in [0, 0.05) is 26.1 Å². The van der Waals surface area contributed by atoms with E-state index in [-0.39, 0.29) is 25.4 Å². The summed E-state index contributed by atoms with van der Waals surface area (Å²) in [5, 5.41) is 8.06. The van der Waals surface area contributed by atoms with E-state index in [1.165, 1.54) is 0 Å². The van der Waals surface area contributed by atoms with Gasteiger partial charge in [0.05, 0.1) is 19.3 Å². The Kier molecular flexibility index (Phi) is 9.80. The number of nitrogens with zero attached hydrogens (tertiary/aromatic N) is 1. The molecule has 2 aromatic rings. The van der Waals surface area contributed by atoms with Crippen LogP contribution in [0.3, 0.4) is 0 Å². The lowest BCUT2D eigenvalue weighted by atomic mass is 10.0. The number of benzene rings is 2. The van der Waals surface area contributed by atoms with E-state index < -0.39 is 29.7 Å². The maximum atomic E-state index is 13.2. The molecule has 0 unspecified atom stereocenters. The van der Waals surface area contributed by atoms with Gasteiger partial charge in [0.15, 0.2) is 0 Å². The molecule has 1 heterocycles. The van der Waals surface area contributed by atoms with Gasteiger partial charge in [-0.05, 0) is 17.5 Å². The molecule has 0 saturated carbocycles. The van der Waals surface area contributed by atoms with E-state index in [1.54, 1.807) is 11.8 Å². The molecule has 9 heteroatoms. The highest BCUT2D eigenvalue weighted by Crippen LogP contribution is 2.07. The van der Waals surface area contributed by atoms with Gasteiger partial charge in [-0.25, -0.2) is 4.79 Å². The number of ketones is 1. The summed E-state index contributed by atoms with van der Waals surface area (Å²) in [5.74, 6) is -2.01. The molecule has 2 aromatic carbocycles. The minimum atomic E-state index is -1.00. The van der Waals surface area contributed by atoms with Crippen LogP contribution in [0.25, 0.3) is 0 Å². The highest BCUT2D eigenvalue weighted by atomic mass is 16.5. The summed E-state index contributed by atoms with van der Waals surface area (Å²) in [6.07, 6.45) is 0.479. The Morgan fingerprint density at radius 2 is 1.46 bits per heavy atom. The maximum Gasteiger partial charge on any atom is 0.318 e. The Morgan fingerprint density at radius 1 is 0.857 bits per heavy atom. The third kappa shape index (κ3) is 7.92. The Bertz CT molecular complexity index is 993. The number of rotatable bonds is 10. The largest absolute Gasteiger partial charge is 0.378 e. The molecular weight excluding hydrogens is 448 g/mol. The molecule has 1 fully saturated rings. The summed E-state index contributed by atoms with van der Waals surface area (Å²) in [5.41, 5.74) is 1.72. The van der Waals surface area contributed by atoms with Crippen molar-refractivity contribution in [1.29, 1.82) is 0 Å². The van der Waals surface area contributed by atoms with Gasteiger partial charge in [0.1, 0.15) is 6.04 Å². The van der Waals surface area contributed by atoms with Crippen LogP contribution in [0.1, 0.15) is 24.5 Å². The molecule has 3 rings (SSSR count). The molecule has 186 valence electrons. The van der Waals surface area contributed by atoms with E-state index in [1.807, 2.05) is 60.7 Å². The van der Waals surface area contributed by atoms with E-state index in [0.717, 1.165) is 11.1 Å². The molecule has 0 spiro atoms. The van der Waals surface area contributed by atoms with E-state index in [4.69, 9.17) is 4.74 Å². The number of carbonyl (C=O) groups excluding carboxylic acids is 4. The lowest BCUT2D eigenvalue weighted by Gasteiger charge is -2.29. The minimum absolute atomic E-state index is 0.210. The summed E-state index contributed by atoms with van der Waals surface area (Å²) >= 11 is 0. The summed E-state index contributed by atoms with van der Waals surface area (Å²) in [6.45, 7) is 3.67. The van der Waals surface area contributed by atoms with Crippen LogP contribution in [0.2, 0.25) is 0 Å². The Labute approximate surface area is 205 Å². The monoisotopic (exact) mass is 480 g/mol. The predicted molar refractivity (Wildman–Crippen MR) is 130 cm³/mol. The Morgan fingerprint density at radius 3 is 2.06 bits per heavy atom. The van der Waals surface area contributed by atoms with E-state index in [0.29, 0.717) is 26.3 Å². The second-order valence-corrected chi connectivity index (χ2v) is 8.29. The molecule has 9 nitrogen and oxygen atoms in total. The van der Waals surface area contributed by atoms with Crippen molar-refractivity contribution in [2.24, 2.45) is 0 Å². The molecule has 2 atom stereocenters. The van der Waals surface area contributed by atoms with Gasteiger partial charge >= 0.3 is 6.03 Å². The van der Waals surface area contributed by atoms with Gasteiger partial charge in [-0.3, -0.25) is 14.4 Å². The van der Waals surface area contributed by atoms with Gasteiger partial charge in [-0.2, -0.15) is 0 Å².